The van der Waals surface area contributed by atoms with E-state index in [0.29, 0.717) is 25.7 Å². The van der Waals surface area contributed by atoms with Gasteiger partial charge in [-0.15, -0.1) is 0 Å². The summed E-state index contributed by atoms with van der Waals surface area (Å²) in [4.78, 5) is 27.0. The van der Waals surface area contributed by atoms with E-state index < -0.39 is 25.5 Å². The molecule has 48 heavy (non-hydrogen) atoms. The van der Waals surface area contributed by atoms with Crippen molar-refractivity contribution >= 4 is 19.4 Å². The molecule has 3 atom stereocenters. The predicted octanol–water partition coefficient (Wildman–Crippen LogP) is 7.05. The minimum Gasteiger partial charge on any atom is -0.357 e. The number of carbonyl (C=O) groups is 2. The number of hydrogen-bond donors (Lipinski definition) is 3. The van der Waals surface area contributed by atoms with Gasteiger partial charge in [-0.1, -0.05) is 135 Å². The maximum absolute atomic E-state index is 15.0. The van der Waals surface area contributed by atoms with Crippen LogP contribution in [-0.2, 0) is 49.3 Å². The van der Waals surface area contributed by atoms with Crippen LogP contribution in [0.3, 0.4) is 0 Å². The van der Waals surface area contributed by atoms with Gasteiger partial charge in [0.05, 0.1) is 19.3 Å². The number of carbonyl (C=O) groups excluding carboxylic acids is 2. The van der Waals surface area contributed by atoms with Gasteiger partial charge in [0, 0.05) is 13.5 Å². The van der Waals surface area contributed by atoms with Gasteiger partial charge in [0.25, 0.3) is 0 Å². The molecule has 0 aliphatic heterocycles. The van der Waals surface area contributed by atoms with Crippen LogP contribution in [0.4, 0.5) is 0 Å². The lowest BCUT2D eigenvalue weighted by molar-refractivity contribution is -0.130. The highest BCUT2D eigenvalue weighted by Crippen LogP contribution is 2.55. The molecule has 1 unspecified atom stereocenters. The monoisotopic (exact) mass is 669 g/mol. The first kappa shape index (κ1) is 36.8. The highest BCUT2D eigenvalue weighted by Gasteiger charge is 2.39. The Morgan fingerprint density at radius 3 is 1.56 bits per heavy atom. The lowest BCUT2D eigenvalue weighted by Gasteiger charge is -2.32. The molecular weight excluding hydrogens is 621 g/mol. The summed E-state index contributed by atoms with van der Waals surface area (Å²) in [6.45, 7) is 4.21. The van der Waals surface area contributed by atoms with E-state index in [1.807, 2.05) is 135 Å². The van der Waals surface area contributed by atoms with Crippen LogP contribution in [-0.4, -0.2) is 36.7 Å². The van der Waals surface area contributed by atoms with Crippen molar-refractivity contribution in [2.24, 2.45) is 5.92 Å². The number of amides is 2. The number of likely N-dealkylation sites (N-methyl/N-ethyl adjacent to an activating group) is 1. The van der Waals surface area contributed by atoms with E-state index >= 15 is 4.57 Å². The van der Waals surface area contributed by atoms with Gasteiger partial charge < -0.3 is 19.7 Å². The zero-order valence-corrected chi connectivity index (χ0v) is 29.0. The highest BCUT2D eigenvalue weighted by molar-refractivity contribution is 7.54. The SMILES string of the molecule is CNC(=O)[C@H](Cc1ccccc1)NC(=O)[C@H](CC(C)C)NC(CCc1ccccc1)P(=O)(OCc1ccccc1)OCc1ccccc1. The molecule has 4 aromatic carbocycles. The third kappa shape index (κ3) is 11.9. The van der Waals surface area contributed by atoms with Crippen LogP contribution < -0.4 is 16.0 Å². The molecule has 4 rings (SSSR count). The molecule has 0 aromatic heterocycles. The lowest BCUT2D eigenvalue weighted by Crippen LogP contribution is -2.55. The standard InChI is InChI=1S/C39H48N3O5P/c1-30(2)26-35(39(44)42-36(38(43)40-3)27-32-18-10-5-11-19-32)41-37(25-24-31-16-8-4-9-17-31)48(45,46-28-33-20-12-6-13-21-33)47-29-34-22-14-7-15-23-34/h4-23,30,35-37,41H,24-29H2,1-3H3,(H,40,43)(H,42,44)/t35-,36-,37?/m0/s1. The smallest absolute Gasteiger partial charge is 0.348 e. The second-order valence-electron chi connectivity index (χ2n) is 12.3. The molecule has 8 nitrogen and oxygen atoms in total. The van der Waals surface area contributed by atoms with Crippen molar-refractivity contribution in [3.05, 3.63) is 144 Å². The minimum absolute atomic E-state index is 0.0767. The Bertz CT molecular complexity index is 1530. The third-order valence-electron chi connectivity index (χ3n) is 8.02. The first-order chi connectivity index (χ1) is 23.3. The minimum atomic E-state index is -3.92. The molecule has 2 amide bonds. The molecule has 0 aliphatic carbocycles. The zero-order chi connectivity index (χ0) is 34.2. The van der Waals surface area contributed by atoms with Gasteiger partial charge in [-0.3, -0.25) is 19.5 Å². The summed E-state index contributed by atoms with van der Waals surface area (Å²) in [6, 6.07) is 37.0. The largest absolute Gasteiger partial charge is 0.357 e. The second-order valence-corrected chi connectivity index (χ2v) is 14.5. The number of hydrogen-bond acceptors (Lipinski definition) is 6. The number of aryl methyl sites for hydroxylation is 1. The van der Waals surface area contributed by atoms with E-state index in [0.717, 1.165) is 22.3 Å². The third-order valence-corrected chi connectivity index (χ3v) is 10.2. The summed E-state index contributed by atoms with van der Waals surface area (Å²) < 4.78 is 27.6. The molecule has 9 heteroatoms. The van der Waals surface area contributed by atoms with Crippen LogP contribution >= 0.6 is 7.60 Å². The van der Waals surface area contributed by atoms with E-state index in [9.17, 15) is 9.59 Å². The quantitative estimate of drug-likeness (QED) is 0.0925. The van der Waals surface area contributed by atoms with Crippen LogP contribution in [0.25, 0.3) is 0 Å². The van der Waals surface area contributed by atoms with E-state index in [1.165, 1.54) is 0 Å². The van der Waals surface area contributed by atoms with Gasteiger partial charge in [-0.25, -0.2) is 0 Å². The Hall–Kier alpha value is -4.07. The molecule has 0 saturated heterocycles. The molecule has 0 radical (unpaired) electrons. The van der Waals surface area contributed by atoms with E-state index in [1.54, 1.807) is 7.05 Å². The van der Waals surface area contributed by atoms with Crippen molar-refractivity contribution < 1.29 is 23.2 Å². The van der Waals surface area contributed by atoms with E-state index in [2.05, 4.69) is 16.0 Å². The number of rotatable bonds is 19. The summed E-state index contributed by atoms with van der Waals surface area (Å²) in [5.41, 5.74) is 3.70. The molecule has 254 valence electrons. The summed E-state index contributed by atoms with van der Waals surface area (Å²) in [5, 5.41) is 9.10. The van der Waals surface area contributed by atoms with Gasteiger partial charge in [-0.05, 0) is 47.4 Å². The molecule has 0 spiro atoms. The average Bonchev–Trinajstić information content (AvgIpc) is 3.12. The second kappa shape index (κ2) is 19.1. The molecule has 0 bridgehead atoms. The first-order valence-corrected chi connectivity index (χ1v) is 18.2. The van der Waals surface area contributed by atoms with Gasteiger partial charge in [0.2, 0.25) is 11.8 Å². The van der Waals surface area contributed by atoms with Crippen LogP contribution in [0, 0.1) is 5.92 Å². The molecule has 3 N–H and O–H groups in total. The van der Waals surface area contributed by atoms with Gasteiger partial charge in [0.15, 0.2) is 0 Å². The molecule has 0 aliphatic rings. The first-order valence-electron chi connectivity index (χ1n) is 16.6. The highest BCUT2D eigenvalue weighted by atomic mass is 31.2. The maximum atomic E-state index is 15.0. The lowest BCUT2D eigenvalue weighted by atomic mass is 10.0. The fourth-order valence-electron chi connectivity index (χ4n) is 5.44. The topological polar surface area (TPSA) is 106 Å². The van der Waals surface area contributed by atoms with E-state index in [4.69, 9.17) is 9.05 Å². The summed E-state index contributed by atoms with van der Waals surface area (Å²) >= 11 is 0. The maximum Gasteiger partial charge on any atom is 0.348 e. The molecular formula is C39H48N3O5P. The Labute approximate surface area is 285 Å². The Kier molecular flexibility index (Phi) is 14.6. The van der Waals surface area contributed by atoms with Crippen molar-refractivity contribution in [3.8, 4) is 0 Å². The van der Waals surface area contributed by atoms with Crippen molar-refractivity contribution in [1.82, 2.24) is 16.0 Å². The average molecular weight is 670 g/mol. The predicted molar refractivity (Wildman–Crippen MR) is 191 cm³/mol. The van der Waals surface area contributed by atoms with Gasteiger partial charge >= 0.3 is 7.60 Å². The van der Waals surface area contributed by atoms with Crippen molar-refractivity contribution in [3.63, 3.8) is 0 Å². The Balaban J connectivity index is 1.64. The van der Waals surface area contributed by atoms with Gasteiger partial charge in [-0.2, -0.15) is 0 Å². The van der Waals surface area contributed by atoms with Crippen LogP contribution in [0.2, 0.25) is 0 Å². The fraction of sp³-hybridized carbons (Fsp3) is 0.333. The zero-order valence-electron chi connectivity index (χ0n) is 28.1. The Morgan fingerprint density at radius 1 is 0.646 bits per heavy atom. The molecule has 0 fully saturated rings. The number of benzene rings is 4. The Morgan fingerprint density at radius 2 is 1.10 bits per heavy atom. The van der Waals surface area contributed by atoms with Gasteiger partial charge in [0.1, 0.15) is 11.8 Å². The van der Waals surface area contributed by atoms with E-state index in [-0.39, 0.29) is 30.9 Å². The van der Waals surface area contributed by atoms with Crippen LogP contribution in [0.1, 0.15) is 48.9 Å². The number of nitrogens with one attached hydrogen (secondary N) is 3. The van der Waals surface area contributed by atoms with Crippen molar-refractivity contribution in [2.45, 2.75) is 70.6 Å². The summed E-state index contributed by atoms with van der Waals surface area (Å²) in [5.74, 6) is -1.35. The fourth-order valence-corrected chi connectivity index (χ4v) is 7.34. The molecule has 0 heterocycles. The van der Waals surface area contributed by atoms with Crippen LogP contribution in [0.15, 0.2) is 121 Å². The normalized spacial score (nSPS) is 13.4. The summed E-state index contributed by atoms with van der Waals surface area (Å²) in [7, 11) is -2.36. The van der Waals surface area contributed by atoms with Crippen molar-refractivity contribution in [1.29, 1.82) is 0 Å². The van der Waals surface area contributed by atoms with Crippen LogP contribution in [0.5, 0.6) is 0 Å². The van der Waals surface area contributed by atoms with Crippen molar-refractivity contribution in [2.75, 3.05) is 7.05 Å². The molecule has 0 saturated carbocycles. The molecule has 4 aromatic rings. The summed E-state index contributed by atoms with van der Waals surface area (Å²) in [6.07, 6.45) is 1.74.